The zero-order valence-corrected chi connectivity index (χ0v) is 13.5. The van der Waals surface area contributed by atoms with Crippen LogP contribution in [-0.4, -0.2) is 20.1 Å². The number of anilines is 1. The Morgan fingerprint density at radius 3 is 2.42 bits per heavy atom. The van der Waals surface area contributed by atoms with E-state index in [1.54, 1.807) is 19.2 Å². The minimum Gasteiger partial charge on any atom is -0.465 e. The molecule has 0 fully saturated rings. The summed E-state index contributed by atoms with van der Waals surface area (Å²) in [4.78, 5) is 11.8. The Morgan fingerprint density at radius 2 is 1.88 bits per heavy atom. The van der Waals surface area contributed by atoms with E-state index < -0.39 is 17.7 Å². The standard InChI is InChI=1S/C16H13ClF3NO3/c1-21-13-5-4-10(8-11(13)15(22)23-2)24-14-6-3-9(7-12(14)17)16(18,19)20/h3-8,21H,1-2H3. The van der Waals surface area contributed by atoms with Gasteiger partial charge in [0.05, 0.1) is 23.3 Å². The van der Waals surface area contributed by atoms with Gasteiger partial charge in [-0.15, -0.1) is 0 Å². The number of methoxy groups -OCH3 is 1. The average molecular weight is 360 g/mol. The SMILES string of the molecule is CNc1ccc(Oc2ccc(C(F)(F)F)cc2Cl)cc1C(=O)OC. The molecule has 2 aromatic carbocycles. The molecular weight excluding hydrogens is 347 g/mol. The van der Waals surface area contributed by atoms with Gasteiger partial charge in [-0.1, -0.05) is 11.6 Å². The second-order valence-corrected chi connectivity index (χ2v) is 5.10. The van der Waals surface area contributed by atoms with Crippen molar-refractivity contribution in [2.45, 2.75) is 6.18 Å². The maximum atomic E-state index is 12.6. The minimum atomic E-state index is -4.49. The number of ether oxygens (including phenoxy) is 2. The first-order valence-electron chi connectivity index (χ1n) is 6.71. The summed E-state index contributed by atoms with van der Waals surface area (Å²) < 4.78 is 48.1. The van der Waals surface area contributed by atoms with Gasteiger partial charge in [0.1, 0.15) is 11.5 Å². The largest absolute Gasteiger partial charge is 0.465 e. The van der Waals surface area contributed by atoms with Crippen molar-refractivity contribution >= 4 is 23.3 Å². The van der Waals surface area contributed by atoms with Gasteiger partial charge in [-0.25, -0.2) is 4.79 Å². The van der Waals surface area contributed by atoms with Gasteiger partial charge in [0.25, 0.3) is 0 Å². The zero-order valence-electron chi connectivity index (χ0n) is 12.7. The average Bonchev–Trinajstić information content (AvgIpc) is 2.54. The Bertz CT molecular complexity index is 763. The number of carbonyl (C=O) groups is 1. The van der Waals surface area contributed by atoms with Crippen molar-refractivity contribution in [1.29, 1.82) is 0 Å². The summed E-state index contributed by atoms with van der Waals surface area (Å²) in [6.45, 7) is 0. The molecule has 0 heterocycles. The van der Waals surface area contributed by atoms with Crippen molar-refractivity contribution in [3.8, 4) is 11.5 Å². The molecule has 0 saturated carbocycles. The summed E-state index contributed by atoms with van der Waals surface area (Å²) in [7, 11) is 2.87. The van der Waals surface area contributed by atoms with Gasteiger partial charge < -0.3 is 14.8 Å². The number of nitrogens with one attached hydrogen (secondary N) is 1. The van der Waals surface area contributed by atoms with Crippen LogP contribution in [0.4, 0.5) is 18.9 Å². The Morgan fingerprint density at radius 1 is 1.17 bits per heavy atom. The van der Waals surface area contributed by atoms with E-state index in [-0.39, 0.29) is 22.1 Å². The Labute approximate surface area is 141 Å². The van der Waals surface area contributed by atoms with Gasteiger partial charge in [-0.05, 0) is 36.4 Å². The molecule has 8 heteroatoms. The molecule has 0 amide bonds. The lowest BCUT2D eigenvalue weighted by molar-refractivity contribution is -0.137. The third-order valence-corrected chi connectivity index (χ3v) is 3.45. The van der Waals surface area contributed by atoms with E-state index in [9.17, 15) is 18.0 Å². The number of rotatable bonds is 4. The van der Waals surface area contributed by atoms with Gasteiger partial charge in [0, 0.05) is 12.7 Å². The molecule has 0 aliphatic rings. The molecule has 0 spiro atoms. The fraction of sp³-hybridized carbons (Fsp3) is 0.188. The van der Waals surface area contributed by atoms with Gasteiger partial charge in [-0.3, -0.25) is 0 Å². The van der Waals surface area contributed by atoms with E-state index in [2.05, 4.69) is 10.1 Å². The first kappa shape index (κ1) is 17.9. The summed E-state index contributed by atoms with van der Waals surface area (Å²) in [6, 6.07) is 7.30. The van der Waals surface area contributed by atoms with Crippen molar-refractivity contribution in [2.75, 3.05) is 19.5 Å². The highest BCUT2D eigenvalue weighted by atomic mass is 35.5. The Kier molecular flexibility index (Phi) is 5.23. The molecule has 2 aromatic rings. The second kappa shape index (κ2) is 7.00. The normalized spacial score (nSPS) is 11.1. The quantitative estimate of drug-likeness (QED) is 0.782. The van der Waals surface area contributed by atoms with Gasteiger partial charge in [0.2, 0.25) is 0 Å². The lowest BCUT2D eigenvalue weighted by atomic mass is 10.1. The summed E-state index contributed by atoms with van der Waals surface area (Å²) in [5, 5.41) is 2.64. The predicted molar refractivity (Wildman–Crippen MR) is 83.9 cm³/mol. The van der Waals surface area contributed by atoms with Crippen LogP contribution in [0.2, 0.25) is 5.02 Å². The van der Waals surface area contributed by atoms with E-state index in [0.717, 1.165) is 18.2 Å². The van der Waals surface area contributed by atoms with E-state index in [4.69, 9.17) is 16.3 Å². The molecule has 1 N–H and O–H groups in total. The number of halogens is 4. The van der Waals surface area contributed by atoms with E-state index in [0.29, 0.717) is 5.69 Å². The van der Waals surface area contributed by atoms with Crippen LogP contribution in [0, 0.1) is 0 Å². The molecule has 128 valence electrons. The molecule has 0 atom stereocenters. The maximum absolute atomic E-state index is 12.6. The van der Waals surface area contributed by atoms with Crippen LogP contribution >= 0.6 is 11.6 Å². The van der Waals surface area contributed by atoms with Crippen LogP contribution in [0.5, 0.6) is 11.5 Å². The third kappa shape index (κ3) is 3.91. The number of hydrogen-bond donors (Lipinski definition) is 1. The second-order valence-electron chi connectivity index (χ2n) is 4.69. The molecule has 0 unspecified atom stereocenters. The molecule has 0 aliphatic carbocycles. The highest BCUT2D eigenvalue weighted by molar-refractivity contribution is 6.32. The van der Waals surface area contributed by atoms with Crippen molar-refractivity contribution in [3.63, 3.8) is 0 Å². The first-order valence-corrected chi connectivity index (χ1v) is 7.08. The molecule has 0 radical (unpaired) electrons. The van der Waals surface area contributed by atoms with Crippen molar-refractivity contribution in [3.05, 3.63) is 52.5 Å². The zero-order chi connectivity index (χ0) is 17.9. The fourth-order valence-electron chi connectivity index (χ4n) is 1.97. The molecule has 0 saturated heterocycles. The first-order chi connectivity index (χ1) is 11.3. The molecule has 0 aliphatic heterocycles. The summed E-state index contributed by atoms with van der Waals surface area (Å²) in [5.41, 5.74) is -0.131. The number of hydrogen-bond acceptors (Lipinski definition) is 4. The van der Waals surface area contributed by atoms with Gasteiger partial charge >= 0.3 is 12.1 Å². The fourth-order valence-corrected chi connectivity index (χ4v) is 2.19. The van der Waals surface area contributed by atoms with Gasteiger partial charge in [-0.2, -0.15) is 13.2 Å². The lowest BCUT2D eigenvalue weighted by Gasteiger charge is -2.13. The van der Waals surface area contributed by atoms with Crippen LogP contribution in [0.3, 0.4) is 0 Å². The van der Waals surface area contributed by atoms with E-state index in [1.807, 2.05) is 0 Å². The summed E-state index contributed by atoms with van der Waals surface area (Å²) in [5.74, 6) is -0.308. The molecule has 0 aromatic heterocycles. The number of alkyl halides is 3. The van der Waals surface area contributed by atoms with Crippen LogP contribution in [0.1, 0.15) is 15.9 Å². The minimum absolute atomic E-state index is 0.0395. The van der Waals surface area contributed by atoms with Crippen molar-refractivity contribution in [2.24, 2.45) is 0 Å². The molecule has 24 heavy (non-hydrogen) atoms. The maximum Gasteiger partial charge on any atom is 0.416 e. The van der Waals surface area contributed by atoms with Crippen molar-refractivity contribution < 1.29 is 27.4 Å². The topological polar surface area (TPSA) is 47.6 Å². The number of esters is 1. The van der Waals surface area contributed by atoms with Crippen LogP contribution < -0.4 is 10.1 Å². The Balaban J connectivity index is 2.33. The van der Waals surface area contributed by atoms with E-state index >= 15 is 0 Å². The molecule has 2 rings (SSSR count). The number of benzene rings is 2. The summed E-state index contributed by atoms with van der Waals surface area (Å²) in [6.07, 6.45) is -4.49. The van der Waals surface area contributed by atoms with Crippen LogP contribution in [0.15, 0.2) is 36.4 Å². The number of carbonyl (C=O) groups excluding carboxylic acids is 1. The molecular formula is C16H13ClF3NO3. The highest BCUT2D eigenvalue weighted by Gasteiger charge is 2.31. The molecule has 0 bridgehead atoms. The van der Waals surface area contributed by atoms with Crippen LogP contribution in [0.25, 0.3) is 0 Å². The predicted octanol–water partition coefficient (Wildman–Crippen LogP) is 4.98. The third-order valence-electron chi connectivity index (χ3n) is 3.15. The van der Waals surface area contributed by atoms with Crippen molar-refractivity contribution in [1.82, 2.24) is 0 Å². The Hall–Kier alpha value is -2.41. The molecule has 4 nitrogen and oxygen atoms in total. The summed E-state index contributed by atoms with van der Waals surface area (Å²) >= 11 is 5.84. The van der Waals surface area contributed by atoms with Gasteiger partial charge in [0.15, 0.2) is 0 Å². The monoisotopic (exact) mass is 359 g/mol. The smallest absolute Gasteiger partial charge is 0.416 e. The van der Waals surface area contributed by atoms with E-state index in [1.165, 1.54) is 13.2 Å². The van der Waals surface area contributed by atoms with Crippen LogP contribution in [-0.2, 0) is 10.9 Å². The highest BCUT2D eigenvalue weighted by Crippen LogP contribution is 2.37. The lowest BCUT2D eigenvalue weighted by Crippen LogP contribution is -2.06.